The van der Waals surface area contributed by atoms with Gasteiger partial charge in [-0.25, -0.2) is 0 Å². The van der Waals surface area contributed by atoms with Crippen LogP contribution in [-0.4, -0.2) is 29.3 Å². The van der Waals surface area contributed by atoms with E-state index < -0.39 is 0 Å². The predicted molar refractivity (Wildman–Crippen MR) is 49.8 cm³/mol. The van der Waals surface area contributed by atoms with Crippen LogP contribution in [-0.2, 0) is 0 Å². The van der Waals surface area contributed by atoms with Crippen molar-refractivity contribution in [1.82, 2.24) is 10.5 Å². The van der Waals surface area contributed by atoms with E-state index in [1.807, 2.05) is 0 Å². The third-order valence-electron chi connectivity index (χ3n) is 1.79. The summed E-state index contributed by atoms with van der Waals surface area (Å²) in [6, 6.07) is 1.52. The maximum Gasteiger partial charge on any atom is 0.273 e. The Balaban J connectivity index is 2.10. The van der Waals surface area contributed by atoms with Crippen molar-refractivity contribution in [2.45, 2.75) is 19.3 Å². The van der Waals surface area contributed by atoms with Gasteiger partial charge < -0.3 is 14.9 Å². The molecule has 0 bridgehead atoms. The van der Waals surface area contributed by atoms with Crippen LogP contribution in [0.15, 0.2) is 16.9 Å². The van der Waals surface area contributed by atoms with Crippen molar-refractivity contribution in [3.05, 3.63) is 18.0 Å². The van der Waals surface area contributed by atoms with Crippen LogP contribution < -0.4 is 5.32 Å². The van der Waals surface area contributed by atoms with E-state index in [2.05, 4.69) is 15.0 Å². The number of aliphatic hydroxyl groups is 1. The quantitative estimate of drug-likeness (QED) is 0.655. The third-order valence-corrected chi connectivity index (χ3v) is 1.79. The lowest BCUT2D eigenvalue weighted by atomic mass is 10.2. The van der Waals surface area contributed by atoms with Gasteiger partial charge in [0.25, 0.3) is 5.91 Å². The molecule has 1 amide bonds. The van der Waals surface area contributed by atoms with Gasteiger partial charge in [0.05, 0.1) is 0 Å². The molecule has 5 heteroatoms. The Morgan fingerprint density at radius 3 is 3.00 bits per heavy atom. The van der Waals surface area contributed by atoms with Gasteiger partial charge in [0.2, 0.25) is 0 Å². The van der Waals surface area contributed by atoms with Crippen molar-refractivity contribution in [1.29, 1.82) is 0 Å². The molecule has 0 saturated heterocycles. The number of rotatable bonds is 6. The van der Waals surface area contributed by atoms with Crippen molar-refractivity contribution in [3.8, 4) is 0 Å². The van der Waals surface area contributed by atoms with E-state index in [1.165, 1.54) is 12.3 Å². The predicted octanol–water partition coefficient (Wildman–Crippen LogP) is 0.567. The highest BCUT2D eigenvalue weighted by atomic mass is 16.5. The molecule has 0 saturated carbocycles. The summed E-state index contributed by atoms with van der Waals surface area (Å²) in [6.07, 6.45) is 3.92. The first-order valence-electron chi connectivity index (χ1n) is 4.64. The fourth-order valence-electron chi connectivity index (χ4n) is 1.04. The zero-order valence-corrected chi connectivity index (χ0v) is 7.90. The van der Waals surface area contributed by atoms with Gasteiger partial charge in [-0.05, 0) is 19.3 Å². The van der Waals surface area contributed by atoms with Gasteiger partial charge in [-0.2, -0.15) is 0 Å². The first-order chi connectivity index (χ1) is 6.84. The highest BCUT2D eigenvalue weighted by Gasteiger charge is 2.06. The molecule has 0 fully saturated rings. The van der Waals surface area contributed by atoms with Crippen molar-refractivity contribution in [2.24, 2.45) is 0 Å². The second kappa shape index (κ2) is 6.15. The summed E-state index contributed by atoms with van der Waals surface area (Å²) in [7, 11) is 0. The zero-order valence-electron chi connectivity index (χ0n) is 7.90. The SMILES string of the molecule is O=C(NCCCCCO)c1ccon1. The number of nitrogens with one attached hydrogen (secondary N) is 1. The maximum absolute atomic E-state index is 11.3. The molecule has 1 rings (SSSR count). The van der Waals surface area contributed by atoms with Gasteiger partial charge in [0, 0.05) is 19.2 Å². The summed E-state index contributed by atoms with van der Waals surface area (Å²) in [5.41, 5.74) is 0.298. The van der Waals surface area contributed by atoms with Gasteiger partial charge in [0.1, 0.15) is 6.26 Å². The minimum atomic E-state index is -0.220. The Labute approximate surface area is 82.1 Å². The van der Waals surface area contributed by atoms with Crippen LogP contribution in [0.25, 0.3) is 0 Å². The average Bonchev–Trinajstić information content (AvgIpc) is 2.70. The van der Waals surface area contributed by atoms with Gasteiger partial charge in [-0.1, -0.05) is 5.16 Å². The molecule has 1 aromatic heterocycles. The smallest absolute Gasteiger partial charge is 0.273 e. The lowest BCUT2D eigenvalue weighted by Crippen LogP contribution is -2.24. The van der Waals surface area contributed by atoms with Crippen molar-refractivity contribution >= 4 is 5.91 Å². The first kappa shape index (κ1) is 10.7. The summed E-state index contributed by atoms with van der Waals surface area (Å²) in [4.78, 5) is 11.3. The Kier molecular flexibility index (Phi) is 4.71. The van der Waals surface area contributed by atoms with Crippen molar-refractivity contribution < 1.29 is 14.4 Å². The number of nitrogens with zero attached hydrogens (tertiary/aromatic N) is 1. The van der Waals surface area contributed by atoms with E-state index in [9.17, 15) is 4.79 Å². The molecule has 0 unspecified atom stereocenters. The van der Waals surface area contributed by atoms with Crippen molar-refractivity contribution in [3.63, 3.8) is 0 Å². The maximum atomic E-state index is 11.3. The van der Waals surface area contributed by atoms with Crippen LogP contribution in [0.5, 0.6) is 0 Å². The minimum absolute atomic E-state index is 0.206. The van der Waals surface area contributed by atoms with E-state index in [4.69, 9.17) is 5.11 Å². The van der Waals surface area contributed by atoms with Gasteiger partial charge >= 0.3 is 0 Å². The molecule has 0 aliphatic heterocycles. The number of aromatic nitrogens is 1. The number of amides is 1. The van der Waals surface area contributed by atoms with Gasteiger partial charge in [-0.15, -0.1) is 0 Å². The minimum Gasteiger partial charge on any atom is -0.396 e. The number of unbranched alkanes of at least 4 members (excludes halogenated alkanes) is 2. The summed E-state index contributed by atoms with van der Waals surface area (Å²) in [6.45, 7) is 0.808. The molecule has 0 aliphatic carbocycles. The topological polar surface area (TPSA) is 75.4 Å². The number of hydrogen-bond donors (Lipinski definition) is 2. The normalized spacial score (nSPS) is 10.1. The third kappa shape index (κ3) is 3.57. The molecule has 0 aromatic carbocycles. The summed E-state index contributed by atoms with van der Waals surface area (Å²) < 4.78 is 4.54. The molecule has 0 spiro atoms. The zero-order chi connectivity index (χ0) is 10.2. The molecular formula is C9H14N2O3. The van der Waals surface area contributed by atoms with E-state index in [1.54, 1.807) is 0 Å². The molecule has 5 nitrogen and oxygen atoms in total. The van der Waals surface area contributed by atoms with Crippen LogP contribution in [0, 0.1) is 0 Å². The number of aliphatic hydroxyl groups excluding tert-OH is 1. The fourth-order valence-corrected chi connectivity index (χ4v) is 1.04. The Morgan fingerprint density at radius 2 is 2.36 bits per heavy atom. The van der Waals surface area contributed by atoms with E-state index in [0.717, 1.165) is 19.3 Å². The second-order valence-corrected chi connectivity index (χ2v) is 2.92. The largest absolute Gasteiger partial charge is 0.396 e. The highest BCUT2D eigenvalue weighted by Crippen LogP contribution is 1.95. The number of carbonyl (C=O) groups is 1. The Bertz CT molecular complexity index is 259. The standard InChI is InChI=1S/C9H14N2O3/c12-6-3-1-2-5-10-9(13)8-4-7-14-11-8/h4,7,12H,1-3,5-6H2,(H,10,13). The monoisotopic (exact) mass is 198 g/mol. The van der Waals surface area contributed by atoms with Crippen molar-refractivity contribution in [2.75, 3.05) is 13.2 Å². The van der Waals surface area contributed by atoms with Gasteiger partial charge in [-0.3, -0.25) is 4.79 Å². The van der Waals surface area contributed by atoms with Gasteiger partial charge in [0.15, 0.2) is 5.69 Å². The molecule has 78 valence electrons. The second-order valence-electron chi connectivity index (χ2n) is 2.92. The number of carbonyl (C=O) groups excluding carboxylic acids is 1. The summed E-state index contributed by atoms with van der Waals surface area (Å²) in [5.74, 6) is -0.220. The van der Waals surface area contributed by atoms with E-state index in [0.29, 0.717) is 12.2 Å². The molecule has 14 heavy (non-hydrogen) atoms. The Morgan fingerprint density at radius 1 is 1.50 bits per heavy atom. The van der Waals surface area contributed by atoms with Crippen LogP contribution in [0.3, 0.4) is 0 Å². The van der Waals surface area contributed by atoms with E-state index in [-0.39, 0.29) is 12.5 Å². The summed E-state index contributed by atoms with van der Waals surface area (Å²) in [5, 5.41) is 14.7. The Hall–Kier alpha value is -1.36. The molecule has 2 N–H and O–H groups in total. The molecule has 0 radical (unpaired) electrons. The number of hydrogen-bond acceptors (Lipinski definition) is 4. The van der Waals surface area contributed by atoms with Crippen LogP contribution >= 0.6 is 0 Å². The molecule has 0 atom stereocenters. The molecule has 1 heterocycles. The lowest BCUT2D eigenvalue weighted by molar-refractivity contribution is 0.0944. The highest BCUT2D eigenvalue weighted by molar-refractivity contribution is 5.91. The summed E-state index contributed by atoms with van der Waals surface area (Å²) >= 11 is 0. The van der Waals surface area contributed by atoms with Crippen LogP contribution in [0.4, 0.5) is 0 Å². The van der Waals surface area contributed by atoms with E-state index >= 15 is 0 Å². The van der Waals surface area contributed by atoms with Crippen LogP contribution in [0.1, 0.15) is 29.8 Å². The first-order valence-corrected chi connectivity index (χ1v) is 4.64. The average molecular weight is 198 g/mol. The molecule has 1 aromatic rings. The fraction of sp³-hybridized carbons (Fsp3) is 0.556. The lowest BCUT2D eigenvalue weighted by Gasteiger charge is -2.01. The van der Waals surface area contributed by atoms with Crippen LogP contribution in [0.2, 0.25) is 0 Å². The molecule has 0 aliphatic rings. The molecular weight excluding hydrogens is 184 g/mol.